The van der Waals surface area contributed by atoms with Crippen molar-refractivity contribution in [2.75, 3.05) is 6.61 Å². The maximum absolute atomic E-state index is 12.2. The van der Waals surface area contributed by atoms with Gasteiger partial charge in [0.2, 0.25) is 12.4 Å². The molecule has 9 heteroatoms. The lowest BCUT2D eigenvalue weighted by Gasteiger charge is -2.23. The highest BCUT2D eigenvalue weighted by atomic mass is 16.8. The van der Waals surface area contributed by atoms with Gasteiger partial charge >= 0.3 is 23.9 Å². The van der Waals surface area contributed by atoms with Gasteiger partial charge in [-0.05, 0) is 18.6 Å². The molecule has 1 saturated carbocycles. The van der Waals surface area contributed by atoms with Crippen LogP contribution in [0.1, 0.15) is 37.6 Å². The lowest BCUT2D eigenvalue weighted by Crippen LogP contribution is -2.42. The fraction of sp³-hybridized carbons (Fsp3) is 0.500. The molecule has 5 atom stereocenters. The number of carbonyl (C=O) groups is 4. The molecule has 1 saturated heterocycles. The third-order valence-electron chi connectivity index (χ3n) is 4.78. The van der Waals surface area contributed by atoms with E-state index in [9.17, 15) is 19.2 Å². The number of carbonyl (C=O) groups excluding carboxylic acids is 4. The maximum Gasteiger partial charge on any atom is 0.338 e. The van der Waals surface area contributed by atoms with Gasteiger partial charge in [-0.3, -0.25) is 14.4 Å². The highest BCUT2D eigenvalue weighted by Crippen LogP contribution is 2.57. The van der Waals surface area contributed by atoms with Crippen LogP contribution in [0.15, 0.2) is 30.3 Å². The number of rotatable bonds is 6. The van der Waals surface area contributed by atoms with Crippen molar-refractivity contribution in [3.8, 4) is 0 Å². The summed E-state index contributed by atoms with van der Waals surface area (Å²) in [5.41, 5.74) is -0.662. The normalized spacial score (nSPS) is 29.8. The van der Waals surface area contributed by atoms with E-state index < -0.39 is 48.0 Å². The average molecular weight is 406 g/mol. The zero-order chi connectivity index (χ0) is 21.2. The molecule has 156 valence electrons. The van der Waals surface area contributed by atoms with E-state index in [2.05, 4.69) is 0 Å². The fourth-order valence-electron chi connectivity index (χ4n) is 3.53. The Morgan fingerprint density at radius 1 is 0.966 bits per heavy atom. The molecule has 9 nitrogen and oxygen atoms in total. The molecule has 29 heavy (non-hydrogen) atoms. The van der Waals surface area contributed by atoms with Crippen LogP contribution in [0.3, 0.4) is 0 Å². The number of hydrogen-bond donors (Lipinski definition) is 0. The summed E-state index contributed by atoms with van der Waals surface area (Å²) in [6.07, 6.45) is -2.96. The van der Waals surface area contributed by atoms with Crippen molar-refractivity contribution in [1.82, 2.24) is 0 Å². The van der Waals surface area contributed by atoms with Crippen LogP contribution in [-0.2, 0) is 38.1 Å². The Labute approximate surface area is 167 Å². The summed E-state index contributed by atoms with van der Waals surface area (Å²) in [4.78, 5) is 46.7. The van der Waals surface area contributed by atoms with Crippen molar-refractivity contribution >= 4 is 23.9 Å². The van der Waals surface area contributed by atoms with E-state index in [1.807, 2.05) is 0 Å². The van der Waals surface area contributed by atoms with Gasteiger partial charge in [-0.15, -0.1) is 0 Å². The first-order chi connectivity index (χ1) is 13.7. The molecule has 1 heterocycles. The fourth-order valence-corrected chi connectivity index (χ4v) is 3.53. The predicted octanol–water partition coefficient (Wildman–Crippen LogP) is 1.38. The summed E-state index contributed by atoms with van der Waals surface area (Å²) < 4.78 is 26.9. The Balaban J connectivity index is 1.73. The minimum absolute atomic E-state index is 0.00503. The van der Waals surface area contributed by atoms with Gasteiger partial charge in [0.15, 0.2) is 6.10 Å². The number of hydrogen-bond acceptors (Lipinski definition) is 9. The Morgan fingerprint density at radius 3 is 2.17 bits per heavy atom. The second kappa shape index (κ2) is 8.20. The van der Waals surface area contributed by atoms with Gasteiger partial charge in [0.1, 0.15) is 5.60 Å². The van der Waals surface area contributed by atoms with Gasteiger partial charge in [-0.2, -0.15) is 0 Å². The van der Waals surface area contributed by atoms with Crippen LogP contribution in [0.4, 0.5) is 0 Å². The van der Waals surface area contributed by atoms with Crippen LogP contribution in [0.5, 0.6) is 0 Å². The van der Waals surface area contributed by atoms with Gasteiger partial charge in [0.25, 0.3) is 0 Å². The second-order valence-electron chi connectivity index (χ2n) is 7.02. The molecule has 1 aliphatic carbocycles. The minimum Gasteiger partial charge on any atom is -0.462 e. The zero-order valence-corrected chi connectivity index (χ0v) is 16.3. The van der Waals surface area contributed by atoms with Crippen molar-refractivity contribution in [3.05, 3.63) is 35.9 Å². The molecule has 1 aromatic rings. The van der Waals surface area contributed by atoms with E-state index in [4.69, 9.17) is 23.7 Å². The standard InChI is InChI=1S/C20H22O9/c1-11(21)26-16-17(27-12(2)22)20(29-19(16)28-13(3)23)9-15(20)10-25-18(24)14-7-5-4-6-8-14/h4-8,15-17,19H,9-10H2,1-3H3/t15-,16?,17?,19-,20+/m1/s1. The number of ether oxygens (including phenoxy) is 5. The highest BCUT2D eigenvalue weighted by molar-refractivity contribution is 5.89. The highest BCUT2D eigenvalue weighted by Gasteiger charge is 2.73. The van der Waals surface area contributed by atoms with Crippen LogP contribution in [0.25, 0.3) is 0 Å². The van der Waals surface area contributed by atoms with E-state index in [-0.39, 0.29) is 12.5 Å². The summed E-state index contributed by atoms with van der Waals surface area (Å²) in [6.45, 7) is 3.59. The van der Waals surface area contributed by atoms with Gasteiger partial charge in [0.05, 0.1) is 12.2 Å². The molecule has 1 spiro atoms. The molecular formula is C20H22O9. The summed E-state index contributed by atoms with van der Waals surface area (Å²) in [5, 5.41) is 0. The Kier molecular flexibility index (Phi) is 5.88. The third kappa shape index (κ3) is 4.56. The van der Waals surface area contributed by atoms with Gasteiger partial charge < -0.3 is 23.7 Å². The average Bonchev–Trinajstić information content (AvgIpc) is 3.28. The lowest BCUT2D eigenvalue weighted by molar-refractivity contribution is -0.197. The first kappa shape index (κ1) is 20.8. The topological polar surface area (TPSA) is 114 Å². The van der Waals surface area contributed by atoms with Crippen molar-refractivity contribution in [1.29, 1.82) is 0 Å². The molecule has 2 fully saturated rings. The molecular weight excluding hydrogens is 384 g/mol. The van der Waals surface area contributed by atoms with Crippen molar-refractivity contribution in [2.24, 2.45) is 5.92 Å². The van der Waals surface area contributed by atoms with Crippen LogP contribution < -0.4 is 0 Å². The van der Waals surface area contributed by atoms with E-state index in [0.717, 1.165) is 0 Å². The second-order valence-corrected chi connectivity index (χ2v) is 7.02. The lowest BCUT2D eigenvalue weighted by atomic mass is 10.1. The van der Waals surface area contributed by atoms with Crippen LogP contribution in [-0.4, -0.2) is 54.6 Å². The third-order valence-corrected chi connectivity index (χ3v) is 4.78. The monoisotopic (exact) mass is 406 g/mol. The van der Waals surface area contributed by atoms with Gasteiger partial charge in [-0.25, -0.2) is 4.79 Å². The summed E-state index contributed by atoms with van der Waals surface area (Å²) >= 11 is 0. The van der Waals surface area contributed by atoms with E-state index in [1.165, 1.54) is 20.8 Å². The summed E-state index contributed by atoms with van der Waals surface area (Å²) in [7, 11) is 0. The minimum atomic E-state index is -1.23. The van der Waals surface area contributed by atoms with E-state index in [1.54, 1.807) is 30.3 Å². The molecule has 0 radical (unpaired) electrons. The first-order valence-electron chi connectivity index (χ1n) is 9.14. The molecule has 1 aliphatic heterocycles. The molecule has 0 bridgehead atoms. The molecule has 2 aliphatic rings. The van der Waals surface area contributed by atoms with Crippen LogP contribution in [0.2, 0.25) is 0 Å². The summed E-state index contributed by atoms with van der Waals surface area (Å²) in [5.74, 6) is -2.71. The Bertz CT molecular complexity index is 805. The smallest absolute Gasteiger partial charge is 0.338 e. The quantitative estimate of drug-likeness (QED) is 0.510. The zero-order valence-electron chi connectivity index (χ0n) is 16.3. The molecule has 3 rings (SSSR count). The van der Waals surface area contributed by atoms with Gasteiger partial charge in [0, 0.05) is 26.7 Å². The molecule has 0 amide bonds. The van der Waals surface area contributed by atoms with Crippen molar-refractivity contribution in [2.45, 2.75) is 51.3 Å². The predicted molar refractivity (Wildman–Crippen MR) is 95.3 cm³/mol. The molecule has 1 aromatic carbocycles. The van der Waals surface area contributed by atoms with Crippen molar-refractivity contribution in [3.63, 3.8) is 0 Å². The molecule has 2 unspecified atom stereocenters. The van der Waals surface area contributed by atoms with Crippen molar-refractivity contribution < 1.29 is 42.9 Å². The number of benzene rings is 1. The Hall–Kier alpha value is -2.94. The van der Waals surface area contributed by atoms with Gasteiger partial charge in [-0.1, -0.05) is 18.2 Å². The van der Waals surface area contributed by atoms with E-state index >= 15 is 0 Å². The molecule has 0 aromatic heterocycles. The summed E-state index contributed by atoms with van der Waals surface area (Å²) in [6, 6.07) is 8.49. The number of esters is 4. The Morgan fingerprint density at radius 2 is 1.59 bits per heavy atom. The maximum atomic E-state index is 12.2. The van der Waals surface area contributed by atoms with Crippen LogP contribution >= 0.6 is 0 Å². The molecule has 0 N–H and O–H groups in total. The van der Waals surface area contributed by atoms with E-state index in [0.29, 0.717) is 12.0 Å². The van der Waals surface area contributed by atoms with Crippen LogP contribution in [0, 0.1) is 5.92 Å². The largest absolute Gasteiger partial charge is 0.462 e. The first-order valence-corrected chi connectivity index (χ1v) is 9.14. The SMILES string of the molecule is CC(=O)OC1C(OC(C)=O)[C@@]2(C[C@@H]2COC(=O)c2ccccc2)O[C@H]1OC(C)=O.